The van der Waals surface area contributed by atoms with Crippen molar-refractivity contribution in [2.75, 3.05) is 19.8 Å². The number of likely N-dealkylation sites (tertiary alicyclic amines) is 1. The van der Waals surface area contributed by atoms with Crippen LogP contribution in [0.1, 0.15) is 42.5 Å². The molecule has 1 amide bonds. The van der Waals surface area contributed by atoms with Crippen LogP contribution in [0.15, 0.2) is 84.4 Å². The van der Waals surface area contributed by atoms with Gasteiger partial charge in [0.05, 0.1) is 24.3 Å². The summed E-state index contributed by atoms with van der Waals surface area (Å²) in [7, 11) is 0. The topological polar surface area (TPSA) is 85.3 Å². The Bertz CT molecular complexity index is 1290. The highest BCUT2D eigenvalue weighted by Crippen LogP contribution is 2.40. The van der Waals surface area contributed by atoms with Crippen LogP contribution in [0.4, 0.5) is 0 Å². The molecule has 3 aromatic rings. The number of Topliss-reactive ketones (excluding diaryl/α,β-unsaturated/α-hetero) is 1. The summed E-state index contributed by atoms with van der Waals surface area (Å²) in [6.45, 7) is 3.75. The fourth-order valence-electron chi connectivity index (χ4n) is 4.94. The lowest BCUT2D eigenvalue weighted by molar-refractivity contribution is -0.140. The number of amides is 1. The van der Waals surface area contributed by atoms with Crippen molar-refractivity contribution in [2.45, 2.75) is 38.5 Å². The predicted octanol–water partition coefficient (Wildman–Crippen LogP) is 5.27. The summed E-state index contributed by atoms with van der Waals surface area (Å²) in [5, 5.41) is 11.3. The molecule has 2 aliphatic rings. The lowest BCUT2D eigenvalue weighted by Crippen LogP contribution is -2.36. The van der Waals surface area contributed by atoms with Gasteiger partial charge in [0.1, 0.15) is 23.9 Å². The molecule has 5 rings (SSSR count). The molecule has 2 aliphatic heterocycles. The number of ether oxygens (including phenoxy) is 3. The van der Waals surface area contributed by atoms with Crippen molar-refractivity contribution in [3.05, 3.63) is 101 Å². The quantitative estimate of drug-likeness (QED) is 0.239. The number of aliphatic hydroxyl groups excluding tert-OH is 1. The van der Waals surface area contributed by atoms with Gasteiger partial charge in [-0.15, -0.1) is 0 Å². The summed E-state index contributed by atoms with van der Waals surface area (Å²) >= 11 is 0. The van der Waals surface area contributed by atoms with Crippen LogP contribution < -0.4 is 9.47 Å². The fraction of sp³-hybridized carbons (Fsp3) is 0.290. The molecule has 2 heterocycles. The molecule has 2 saturated heterocycles. The lowest BCUT2D eigenvalue weighted by atomic mass is 9.95. The van der Waals surface area contributed by atoms with Crippen LogP contribution in [-0.4, -0.2) is 47.6 Å². The maximum absolute atomic E-state index is 13.3. The molecule has 0 radical (unpaired) electrons. The number of benzene rings is 3. The van der Waals surface area contributed by atoms with Crippen molar-refractivity contribution in [1.29, 1.82) is 0 Å². The highest BCUT2D eigenvalue weighted by Gasteiger charge is 2.47. The summed E-state index contributed by atoms with van der Waals surface area (Å²) < 4.78 is 17.2. The maximum Gasteiger partial charge on any atom is 0.295 e. The molecule has 0 saturated carbocycles. The second kappa shape index (κ2) is 11.5. The summed E-state index contributed by atoms with van der Waals surface area (Å²) in [6, 6.07) is 23.3. The lowest BCUT2D eigenvalue weighted by Gasteiger charge is -2.27. The van der Waals surface area contributed by atoms with Crippen molar-refractivity contribution in [2.24, 2.45) is 0 Å². The van der Waals surface area contributed by atoms with Crippen molar-refractivity contribution in [3.8, 4) is 11.5 Å². The van der Waals surface area contributed by atoms with Gasteiger partial charge in [-0.25, -0.2) is 0 Å². The first kappa shape index (κ1) is 25.5. The molecule has 196 valence electrons. The van der Waals surface area contributed by atoms with Crippen LogP contribution in [0, 0.1) is 0 Å². The van der Waals surface area contributed by atoms with Crippen LogP contribution in [0.5, 0.6) is 11.5 Å². The average molecular weight is 514 g/mol. The van der Waals surface area contributed by atoms with E-state index < -0.39 is 17.7 Å². The molecular weight excluding hydrogens is 482 g/mol. The average Bonchev–Trinajstić information content (AvgIpc) is 3.55. The van der Waals surface area contributed by atoms with Gasteiger partial charge in [-0.05, 0) is 67.3 Å². The van der Waals surface area contributed by atoms with Gasteiger partial charge in [-0.1, -0.05) is 42.5 Å². The van der Waals surface area contributed by atoms with Crippen molar-refractivity contribution in [1.82, 2.24) is 4.90 Å². The Hall–Kier alpha value is -4.10. The number of hydrogen-bond acceptors (Lipinski definition) is 6. The van der Waals surface area contributed by atoms with E-state index >= 15 is 0 Å². The minimum atomic E-state index is -0.742. The Morgan fingerprint density at radius 1 is 0.947 bits per heavy atom. The zero-order valence-corrected chi connectivity index (χ0v) is 21.3. The van der Waals surface area contributed by atoms with E-state index in [1.165, 1.54) is 4.90 Å². The Balaban J connectivity index is 1.47. The molecule has 38 heavy (non-hydrogen) atoms. The monoisotopic (exact) mass is 513 g/mol. The molecule has 1 N–H and O–H groups in total. The SMILES string of the molecule is CCOc1ccc(C(O)=C2C(=O)C(=O)N(C[C@@H]3CCCO3)[C@H]2c2ccc(OCc3ccccc3)cc2)cc1. The molecule has 0 aromatic heterocycles. The first-order chi connectivity index (χ1) is 18.5. The van der Waals surface area contributed by atoms with E-state index in [9.17, 15) is 14.7 Å². The smallest absolute Gasteiger partial charge is 0.295 e. The van der Waals surface area contributed by atoms with Gasteiger partial charge in [0.25, 0.3) is 11.7 Å². The van der Waals surface area contributed by atoms with Gasteiger partial charge in [-0.3, -0.25) is 9.59 Å². The van der Waals surface area contributed by atoms with Crippen LogP contribution >= 0.6 is 0 Å². The van der Waals surface area contributed by atoms with Gasteiger partial charge in [0.15, 0.2) is 0 Å². The van der Waals surface area contributed by atoms with Crippen molar-refractivity contribution >= 4 is 17.4 Å². The summed E-state index contributed by atoms with van der Waals surface area (Å²) in [5.41, 5.74) is 2.27. The standard InChI is InChI=1S/C31H31NO6/c1-2-36-24-16-12-23(13-17-24)29(33)27-28(32(31(35)30(27)34)19-26-9-6-18-37-26)22-10-14-25(15-11-22)38-20-21-7-4-3-5-8-21/h3-5,7-8,10-17,26,28,33H,2,6,9,18-20H2,1H3/t26-,28-/m0/s1. The van der Waals surface area contributed by atoms with Crippen molar-refractivity contribution in [3.63, 3.8) is 0 Å². The summed E-state index contributed by atoms with van der Waals surface area (Å²) in [5.74, 6) is -0.229. The van der Waals surface area contributed by atoms with Crippen LogP contribution in [0.2, 0.25) is 0 Å². The predicted molar refractivity (Wildman–Crippen MR) is 143 cm³/mol. The van der Waals surface area contributed by atoms with Gasteiger partial charge in [0, 0.05) is 18.7 Å². The Morgan fingerprint density at radius 2 is 1.63 bits per heavy atom. The largest absolute Gasteiger partial charge is 0.507 e. The molecule has 0 spiro atoms. The van der Waals surface area contributed by atoms with E-state index in [1.807, 2.05) is 61.5 Å². The van der Waals surface area contributed by atoms with Crippen LogP contribution in [-0.2, 0) is 20.9 Å². The minimum Gasteiger partial charge on any atom is -0.507 e. The third kappa shape index (κ3) is 5.43. The first-order valence-corrected chi connectivity index (χ1v) is 12.9. The highest BCUT2D eigenvalue weighted by molar-refractivity contribution is 6.46. The molecule has 3 aromatic carbocycles. The number of ketones is 1. The molecule has 0 bridgehead atoms. The van der Waals surface area contributed by atoms with E-state index in [4.69, 9.17) is 14.2 Å². The van der Waals surface area contributed by atoms with Crippen LogP contribution in [0.3, 0.4) is 0 Å². The Labute approximate surface area is 222 Å². The van der Waals surface area contributed by atoms with Gasteiger partial charge in [-0.2, -0.15) is 0 Å². The first-order valence-electron chi connectivity index (χ1n) is 12.9. The molecule has 0 unspecified atom stereocenters. The normalized spacial score (nSPS) is 20.6. The summed E-state index contributed by atoms with van der Waals surface area (Å²) in [4.78, 5) is 28.0. The van der Waals surface area contributed by atoms with E-state index in [1.54, 1.807) is 24.3 Å². The van der Waals surface area contributed by atoms with Gasteiger partial charge < -0.3 is 24.2 Å². The number of nitrogens with zero attached hydrogens (tertiary/aromatic N) is 1. The number of rotatable bonds is 9. The van der Waals surface area contributed by atoms with E-state index in [2.05, 4.69) is 0 Å². The third-order valence-electron chi connectivity index (χ3n) is 6.85. The molecular formula is C31H31NO6. The zero-order valence-electron chi connectivity index (χ0n) is 21.3. The Kier molecular flexibility index (Phi) is 7.75. The minimum absolute atomic E-state index is 0.0649. The number of hydrogen-bond donors (Lipinski definition) is 1. The van der Waals surface area contributed by atoms with Crippen molar-refractivity contribution < 1.29 is 28.9 Å². The van der Waals surface area contributed by atoms with E-state index in [0.717, 1.165) is 18.4 Å². The molecule has 7 heteroatoms. The van der Waals surface area contributed by atoms with Gasteiger partial charge >= 0.3 is 0 Å². The van der Waals surface area contributed by atoms with Gasteiger partial charge in [0.2, 0.25) is 0 Å². The highest BCUT2D eigenvalue weighted by atomic mass is 16.5. The molecule has 2 atom stereocenters. The third-order valence-corrected chi connectivity index (χ3v) is 6.85. The number of aliphatic hydroxyl groups is 1. The zero-order chi connectivity index (χ0) is 26.5. The maximum atomic E-state index is 13.3. The fourth-order valence-corrected chi connectivity index (χ4v) is 4.94. The molecule has 0 aliphatic carbocycles. The molecule has 2 fully saturated rings. The number of carbonyl (C=O) groups excluding carboxylic acids is 2. The Morgan fingerprint density at radius 3 is 2.29 bits per heavy atom. The van der Waals surface area contributed by atoms with Crippen LogP contribution in [0.25, 0.3) is 5.76 Å². The second-order valence-electron chi connectivity index (χ2n) is 9.39. The second-order valence-corrected chi connectivity index (χ2v) is 9.39. The number of carbonyl (C=O) groups is 2. The summed E-state index contributed by atoms with van der Waals surface area (Å²) in [6.07, 6.45) is 1.59. The van der Waals surface area contributed by atoms with E-state index in [-0.39, 0.29) is 24.0 Å². The molecule has 7 nitrogen and oxygen atoms in total. The van der Waals surface area contributed by atoms with E-state index in [0.29, 0.717) is 42.4 Å².